The second-order valence-corrected chi connectivity index (χ2v) is 8.53. The number of hydrogen-bond acceptors (Lipinski definition) is 2. The van der Waals surface area contributed by atoms with Gasteiger partial charge in [-0.2, -0.15) is 0 Å². The molecule has 0 spiro atoms. The normalized spacial score (nSPS) is 20.0. The van der Waals surface area contributed by atoms with Gasteiger partial charge in [0, 0.05) is 0 Å². The van der Waals surface area contributed by atoms with Crippen molar-refractivity contribution in [3.8, 4) is 5.75 Å². The van der Waals surface area contributed by atoms with Gasteiger partial charge in [0.1, 0.15) is 28.8 Å². The molecule has 0 N–H and O–H groups in total. The Hall–Kier alpha value is -2.30. The van der Waals surface area contributed by atoms with E-state index in [4.69, 9.17) is 4.74 Å². The quantitative estimate of drug-likeness (QED) is 0.354. The molecule has 2 nitrogen and oxygen atoms in total. The van der Waals surface area contributed by atoms with Gasteiger partial charge in [0.05, 0.1) is 0 Å². The van der Waals surface area contributed by atoms with E-state index in [2.05, 4.69) is 13.8 Å². The summed E-state index contributed by atoms with van der Waals surface area (Å²) in [7, 11) is 0. The van der Waals surface area contributed by atoms with Crippen LogP contribution < -0.4 is 4.74 Å². The summed E-state index contributed by atoms with van der Waals surface area (Å²) in [5.41, 5.74) is -0.178. The zero-order valence-electron chi connectivity index (χ0n) is 17.6. The molecule has 0 bridgehead atoms. The van der Waals surface area contributed by atoms with Gasteiger partial charge in [0.25, 0.3) is 0 Å². The Morgan fingerprint density at radius 2 is 1.63 bits per heavy atom. The van der Waals surface area contributed by atoms with Crippen molar-refractivity contribution in [1.82, 2.24) is 0 Å². The maximum atomic E-state index is 14.6. The molecule has 30 heavy (non-hydrogen) atoms. The van der Waals surface area contributed by atoms with Crippen LogP contribution in [0.15, 0.2) is 36.4 Å². The summed E-state index contributed by atoms with van der Waals surface area (Å²) >= 11 is 0. The molecule has 2 aromatic rings. The van der Waals surface area contributed by atoms with Crippen molar-refractivity contribution >= 4 is 5.97 Å². The molecule has 2 aromatic carbocycles. The lowest BCUT2D eigenvalue weighted by Gasteiger charge is -2.32. The Kier molecular flexibility index (Phi) is 7.57. The Morgan fingerprint density at radius 1 is 1.03 bits per heavy atom. The highest BCUT2D eigenvalue weighted by Gasteiger charge is 2.26. The van der Waals surface area contributed by atoms with E-state index in [1.807, 2.05) is 0 Å². The standard InChI is InChI=1S/C25H29F3O2/c1-3-4-17-5-7-19(8-6-17)16(2)13-18-14-22(27)24(23(28)15-18)25(29)30-21-11-9-20(26)10-12-21/h9-12,14-17,19H,3-8,13H2,1-2H3. The van der Waals surface area contributed by atoms with E-state index in [0.717, 1.165) is 18.1 Å². The van der Waals surface area contributed by atoms with E-state index in [1.165, 1.54) is 62.8 Å². The average Bonchev–Trinajstić information content (AvgIpc) is 2.70. The monoisotopic (exact) mass is 418 g/mol. The second kappa shape index (κ2) is 10.1. The second-order valence-electron chi connectivity index (χ2n) is 8.53. The van der Waals surface area contributed by atoms with E-state index >= 15 is 0 Å². The van der Waals surface area contributed by atoms with E-state index in [9.17, 15) is 18.0 Å². The van der Waals surface area contributed by atoms with Gasteiger partial charge in [0.2, 0.25) is 0 Å². The fourth-order valence-electron chi connectivity index (χ4n) is 4.59. The summed E-state index contributed by atoms with van der Waals surface area (Å²) in [5.74, 6) is -1.77. The molecule has 1 atom stereocenters. The van der Waals surface area contributed by atoms with Crippen molar-refractivity contribution < 1.29 is 22.7 Å². The third kappa shape index (κ3) is 5.65. The number of ether oxygens (including phenoxy) is 1. The highest BCUT2D eigenvalue weighted by atomic mass is 19.1. The molecule has 0 aliphatic heterocycles. The molecule has 1 saturated carbocycles. The first-order valence-electron chi connectivity index (χ1n) is 10.8. The van der Waals surface area contributed by atoms with Gasteiger partial charge in [-0.25, -0.2) is 18.0 Å². The van der Waals surface area contributed by atoms with Crippen LogP contribution in [-0.2, 0) is 6.42 Å². The van der Waals surface area contributed by atoms with Crippen LogP contribution in [0.1, 0.15) is 68.3 Å². The van der Waals surface area contributed by atoms with Gasteiger partial charge in [-0.1, -0.05) is 39.5 Å². The number of benzene rings is 2. The molecule has 162 valence electrons. The summed E-state index contributed by atoms with van der Waals surface area (Å²) in [6, 6.07) is 7.13. The summed E-state index contributed by atoms with van der Waals surface area (Å²) in [6.45, 7) is 4.36. The zero-order valence-corrected chi connectivity index (χ0v) is 17.6. The Labute approximate surface area is 176 Å². The van der Waals surface area contributed by atoms with Gasteiger partial charge in [-0.15, -0.1) is 0 Å². The number of hydrogen-bond donors (Lipinski definition) is 0. The first-order valence-corrected chi connectivity index (χ1v) is 10.8. The van der Waals surface area contributed by atoms with Crippen molar-refractivity contribution in [2.24, 2.45) is 17.8 Å². The van der Waals surface area contributed by atoms with Crippen molar-refractivity contribution in [2.75, 3.05) is 0 Å². The predicted octanol–water partition coefficient (Wildman–Crippen LogP) is 7.11. The maximum absolute atomic E-state index is 14.6. The first kappa shape index (κ1) is 22.4. The Balaban J connectivity index is 1.64. The van der Waals surface area contributed by atoms with Gasteiger partial charge in [0.15, 0.2) is 0 Å². The summed E-state index contributed by atoms with van der Waals surface area (Å²) in [6.07, 6.45) is 7.88. The number of carbonyl (C=O) groups excluding carboxylic acids is 1. The van der Waals surface area contributed by atoms with Crippen molar-refractivity contribution in [3.05, 3.63) is 65.0 Å². The van der Waals surface area contributed by atoms with Crippen LogP contribution in [0.5, 0.6) is 5.75 Å². The smallest absolute Gasteiger partial charge is 0.349 e. The van der Waals surface area contributed by atoms with E-state index < -0.39 is 29.0 Å². The Bertz CT molecular complexity index is 832. The fourth-order valence-corrected chi connectivity index (χ4v) is 4.59. The lowest BCUT2D eigenvalue weighted by molar-refractivity contribution is 0.0724. The molecule has 0 radical (unpaired) electrons. The van der Waals surface area contributed by atoms with Gasteiger partial charge < -0.3 is 4.74 Å². The van der Waals surface area contributed by atoms with Crippen LogP contribution in [0, 0.1) is 35.2 Å². The SMILES string of the molecule is CCCC1CCC(C(C)Cc2cc(F)c(C(=O)Oc3ccc(F)cc3)c(F)c2)CC1. The van der Waals surface area contributed by atoms with Crippen molar-refractivity contribution in [3.63, 3.8) is 0 Å². The lowest BCUT2D eigenvalue weighted by atomic mass is 9.73. The number of carbonyl (C=O) groups is 1. The van der Waals surface area contributed by atoms with Gasteiger partial charge >= 0.3 is 5.97 Å². The van der Waals surface area contributed by atoms with E-state index in [1.54, 1.807) is 0 Å². The molecule has 1 unspecified atom stereocenters. The van der Waals surface area contributed by atoms with Crippen LogP contribution in [-0.4, -0.2) is 5.97 Å². The summed E-state index contributed by atoms with van der Waals surface area (Å²) in [4.78, 5) is 12.2. The molecule has 1 fully saturated rings. The van der Waals surface area contributed by atoms with Crippen LogP contribution in [0.2, 0.25) is 0 Å². The largest absolute Gasteiger partial charge is 0.423 e. The molecule has 0 saturated heterocycles. The number of rotatable bonds is 7. The third-order valence-corrected chi connectivity index (χ3v) is 6.28. The highest BCUT2D eigenvalue weighted by Crippen LogP contribution is 2.36. The van der Waals surface area contributed by atoms with Crippen LogP contribution in [0.3, 0.4) is 0 Å². The summed E-state index contributed by atoms with van der Waals surface area (Å²) in [5, 5.41) is 0. The summed E-state index contributed by atoms with van der Waals surface area (Å²) < 4.78 is 47.0. The molecular formula is C25H29F3O2. The molecule has 1 aliphatic rings. The van der Waals surface area contributed by atoms with E-state index in [-0.39, 0.29) is 5.75 Å². The van der Waals surface area contributed by atoms with E-state index in [0.29, 0.717) is 23.8 Å². The van der Waals surface area contributed by atoms with Crippen molar-refractivity contribution in [2.45, 2.75) is 58.8 Å². The van der Waals surface area contributed by atoms with Crippen LogP contribution in [0.4, 0.5) is 13.2 Å². The van der Waals surface area contributed by atoms with Gasteiger partial charge in [-0.3, -0.25) is 0 Å². The molecule has 0 aromatic heterocycles. The minimum absolute atomic E-state index is 0.0246. The number of halogens is 3. The minimum Gasteiger partial charge on any atom is -0.423 e. The minimum atomic E-state index is -1.13. The first-order chi connectivity index (χ1) is 14.4. The highest BCUT2D eigenvalue weighted by molar-refractivity contribution is 5.91. The average molecular weight is 418 g/mol. The lowest BCUT2D eigenvalue weighted by Crippen LogP contribution is -2.22. The van der Waals surface area contributed by atoms with Crippen molar-refractivity contribution in [1.29, 1.82) is 0 Å². The zero-order chi connectivity index (χ0) is 21.7. The maximum Gasteiger partial charge on any atom is 0.349 e. The molecule has 3 rings (SSSR count). The van der Waals surface area contributed by atoms with Crippen LogP contribution >= 0.6 is 0 Å². The molecule has 1 aliphatic carbocycles. The Morgan fingerprint density at radius 3 is 2.20 bits per heavy atom. The predicted molar refractivity (Wildman–Crippen MR) is 111 cm³/mol. The van der Waals surface area contributed by atoms with Crippen LogP contribution in [0.25, 0.3) is 0 Å². The molecular weight excluding hydrogens is 389 g/mol. The topological polar surface area (TPSA) is 26.3 Å². The van der Waals surface area contributed by atoms with Gasteiger partial charge in [-0.05, 0) is 79.0 Å². The molecule has 0 amide bonds. The number of esters is 1. The third-order valence-electron chi connectivity index (χ3n) is 6.28. The molecule has 0 heterocycles. The fraction of sp³-hybridized carbons (Fsp3) is 0.480. The molecule has 5 heteroatoms.